The number of aromatic nitrogens is 2. The van der Waals surface area contributed by atoms with Gasteiger partial charge in [-0.15, -0.1) is 0 Å². The highest BCUT2D eigenvalue weighted by atomic mass is 16.5. The Kier molecular flexibility index (Phi) is 3.71. The van der Waals surface area contributed by atoms with Crippen LogP contribution in [-0.2, 0) is 6.54 Å². The second-order valence-corrected chi connectivity index (χ2v) is 7.05. The van der Waals surface area contributed by atoms with Crippen molar-refractivity contribution in [2.45, 2.75) is 82.5 Å². The predicted octanol–water partition coefficient (Wildman–Crippen LogP) is 2.44. The maximum Gasteiger partial charge on any atom is 0.240 e. The van der Waals surface area contributed by atoms with E-state index in [2.05, 4.69) is 27.3 Å². The molecule has 0 radical (unpaired) electrons. The maximum absolute atomic E-state index is 5.48. The standard InChI is InChI=1S/C16H26N4O/c1-2-7-20(14-8-12-5-6-13(9-14)17-12)10-15-18-16(19-21-15)11-3-4-11/h11-14,17H,2-10H2,1H3. The van der Waals surface area contributed by atoms with Crippen LogP contribution in [0.3, 0.4) is 0 Å². The number of piperidine rings is 1. The van der Waals surface area contributed by atoms with Gasteiger partial charge in [-0.2, -0.15) is 4.98 Å². The molecule has 1 aromatic heterocycles. The molecular formula is C16H26N4O. The Morgan fingerprint density at radius 3 is 2.62 bits per heavy atom. The Hall–Kier alpha value is -0.940. The number of hydrogen-bond acceptors (Lipinski definition) is 5. The molecule has 2 unspecified atom stereocenters. The molecule has 2 aliphatic heterocycles. The highest BCUT2D eigenvalue weighted by Gasteiger charge is 2.36. The number of nitrogens with zero attached hydrogens (tertiary/aromatic N) is 3. The van der Waals surface area contributed by atoms with Gasteiger partial charge in [0.05, 0.1) is 6.54 Å². The summed E-state index contributed by atoms with van der Waals surface area (Å²) in [6.45, 7) is 4.22. The first kappa shape index (κ1) is 13.7. The minimum atomic E-state index is 0.580. The van der Waals surface area contributed by atoms with Gasteiger partial charge < -0.3 is 9.84 Å². The van der Waals surface area contributed by atoms with E-state index in [1.54, 1.807) is 0 Å². The van der Waals surface area contributed by atoms with Gasteiger partial charge in [-0.05, 0) is 51.5 Å². The molecule has 3 aliphatic rings. The van der Waals surface area contributed by atoms with Crippen LogP contribution in [0.2, 0.25) is 0 Å². The lowest BCUT2D eigenvalue weighted by molar-refractivity contribution is 0.119. The van der Waals surface area contributed by atoms with E-state index in [1.165, 1.54) is 44.9 Å². The maximum atomic E-state index is 5.48. The van der Waals surface area contributed by atoms with Crippen LogP contribution in [0.1, 0.15) is 69.5 Å². The first-order chi connectivity index (χ1) is 10.3. The summed E-state index contributed by atoms with van der Waals surface area (Å²) in [7, 11) is 0. The highest BCUT2D eigenvalue weighted by molar-refractivity contribution is 5.03. The third-order valence-corrected chi connectivity index (χ3v) is 5.24. The molecular weight excluding hydrogens is 264 g/mol. The quantitative estimate of drug-likeness (QED) is 0.872. The van der Waals surface area contributed by atoms with Crippen LogP contribution >= 0.6 is 0 Å². The van der Waals surface area contributed by atoms with Crippen LogP contribution in [0.15, 0.2) is 4.52 Å². The summed E-state index contributed by atoms with van der Waals surface area (Å²) in [5.74, 6) is 2.33. The van der Waals surface area contributed by atoms with Crippen molar-refractivity contribution < 1.29 is 4.52 Å². The first-order valence-corrected chi connectivity index (χ1v) is 8.64. The summed E-state index contributed by atoms with van der Waals surface area (Å²) >= 11 is 0. The molecule has 21 heavy (non-hydrogen) atoms. The van der Waals surface area contributed by atoms with Crippen LogP contribution in [0, 0.1) is 0 Å². The molecule has 2 saturated heterocycles. The highest BCUT2D eigenvalue weighted by Crippen LogP contribution is 2.38. The van der Waals surface area contributed by atoms with E-state index < -0.39 is 0 Å². The molecule has 3 heterocycles. The zero-order chi connectivity index (χ0) is 14.2. The van der Waals surface area contributed by atoms with E-state index in [4.69, 9.17) is 4.52 Å². The van der Waals surface area contributed by atoms with Gasteiger partial charge in [-0.25, -0.2) is 0 Å². The second-order valence-electron chi connectivity index (χ2n) is 7.05. The second kappa shape index (κ2) is 5.69. The Morgan fingerprint density at radius 2 is 1.95 bits per heavy atom. The molecule has 1 saturated carbocycles. The molecule has 2 bridgehead atoms. The van der Waals surface area contributed by atoms with Gasteiger partial charge in [0.1, 0.15) is 0 Å². The SMILES string of the molecule is CCCN(Cc1nc(C2CC2)no1)C1CC2CCC(C1)N2. The number of fused-ring (bicyclic) bond motifs is 2. The van der Waals surface area contributed by atoms with Gasteiger partial charge in [-0.3, -0.25) is 4.90 Å². The van der Waals surface area contributed by atoms with E-state index in [0.717, 1.165) is 36.9 Å². The molecule has 5 heteroatoms. The monoisotopic (exact) mass is 290 g/mol. The minimum Gasteiger partial charge on any atom is -0.338 e. The average molecular weight is 290 g/mol. The molecule has 4 rings (SSSR count). The van der Waals surface area contributed by atoms with E-state index in [-0.39, 0.29) is 0 Å². The Balaban J connectivity index is 1.43. The van der Waals surface area contributed by atoms with Crippen LogP contribution < -0.4 is 5.32 Å². The summed E-state index contributed by atoms with van der Waals surface area (Å²) in [6, 6.07) is 2.15. The average Bonchev–Trinajstić information content (AvgIpc) is 3.15. The minimum absolute atomic E-state index is 0.580. The Labute approximate surface area is 126 Å². The van der Waals surface area contributed by atoms with E-state index in [0.29, 0.717) is 12.0 Å². The summed E-state index contributed by atoms with van der Waals surface area (Å²) < 4.78 is 5.48. The molecule has 0 spiro atoms. The van der Waals surface area contributed by atoms with Crippen molar-refractivity contribution in [2.75, 3.05) is 6.54 Å². The zero-order valence-corrected chi connectivity index (χ0v) is 12.9. The number of rotatable bonds is 6. The van der Waals surface area contributed by atoms with E-state index in [1.807, 2.05) is 0 Å². The van der Waals surface area contributed by atoms with Crippen LogP contribution in [0.25, 0.3) is 0 Å². The van der Waals surface area contributed by atoms with Crippen LogP contribution in [0.5, 0.6) is 0 Å². The van der Waals surface area contributed by atoms with Crippen molar-refractivity contribution >= 4 is 0 Å². The topological polar surface area (TPSA) is 54.2 Å². The molecule has 1 aromatic rings. The van der Waals surface area contributed by atoms with Crippen molar-refractivity contribution in [1.82, 2.24) is 20.4 Å². The van der Waals surface area contributed by atoms with Crippen molar-refractivity contribution in [3.05, 3.63) is 11.7 Å². The van der Waals surface area contributed by atoms with Gasteiger partial charge in [0.15, 0.2) is 5.82 Å². The zero-order valence-electron chi connectivity index (χ0n) is 12.9. The van der Waals surface area contributed by atoms with Crippen LogP contribution in [0.4, 0.5) is 0 Å². The Bertz CT molecular complexity index is 472. The third-order valence-electron chi connectivity index (χ3n) is 5.24. The largest absolute Gasteiger partial charge is 0.338 e. The smallest absolute Gasteiger partial charge is 0.240 e. The third kappa shape index (κ3) is 2.99. The molecule has 1 aliphatic carbocycles. The van der Waals surface area contributed by atoms with Crippen molar-refractivity contribution in [1.29, 1.82) is 0 Å². The first-order valence-electron chi connectivity index (χ1n) is 8.64. The summed E-state index contributed by atoms with van der Waals surface area (Å²) in [5, 5.41) is 7.88. The summed E-state index contributed by atoms with van der Waals surface area (Å²) in [5.41, 5.74) is 0. The predicted molar refractivity (Wildman–Crippen MR) is 79.9 cm³/mol. The van der Waals surface area contributed by atoms with Crippen molar-refractivity contribution in [3.8, 4) is 0 Å². The molecule has 2 atom stereocenters. The number of hydrogen-bond donors (Lipinski definition) is 1. The fourth-order valence-electron chi connectivity index (χ4n) is 4.02. The lowest BCUT2D eigenvalue weighted by atomic mass is 9.98. The van der Waals surface area contributed by atoms with Gasteiger partial charge in [0, 0.05) is 24.0 Å². The lowest BCUT2D eigenvalue weighted by Crippen LogP contribution is -2.48. The molecule has 3 fully saturated rings. The van der Waals surface area contributed by atoms with Gasteiger partial charge in [-0.1, -0.05) is 12.1 Å². The van der Waals surface area contributed by atoms with Gasteiger partial charge in [0.25, 0.3) is 0 Å². The molecule has 0 aromatic carbocycles. The Morgan fingerprint density at radius 1 is 1.19 bits per heavy atom. The van der Waals surface area contributed by atoms with Crippen molar-refractivity contribution in [2.24, 2.45) is 0 Å². The summed E-state index contributed by atoms with van der Waals surface area (Å²) in [6.07, 6.45) is 8.91. The van der Waals surface area contributed by atoms with Gasteiger partial charge in [0.2, 0.25) is 5.89 Å². The van der Waals surface area contributed by atoms with E-state index in [9.17, 15) is 0 Å². The lowest BCUT2D eigenvalue weighted by Gasteiger charge is -2.37. The van der Waals surface area contributed by atoms with E-state index >= 15 is 0 Å². The molecule has 0 amide bonds. The fourth-order valence-corrected chi connectivity index (χ4v) is 4.02. The molecule has 116 valence electrons. The molecule has 5 nitrogen and oxygen atoms in total. The van der Waals surface area contributed by atoms with Crippen LogP contribution in [-0.4, -0.2) is 39.7 Å². The normalized spacial score (nSPS) is 32.0. The van der Waals surface area contributed by atoms with Gasteiger partial charge >= 0.3 is 0 Å². The van der Waals surface area contributed by atoms with Crippen molar-refractivity contribution in [3.63, 3.8) is 0 Å². The summed E-state index contributed by atoms with van der Waals surface area (Å²) in [4.78, 5) is 7.19. The fraction of sp³-hybridized carbons (Fsp3) is 0.875. The number of nitrogens with one attached hydrogen (secondary N) is 1. The molecule has 1 N–H and O–H groups in total.